The normalized spacial score (nSPS) is 10.7. The van der Waals surface area contributed by atoms with Gasteiger partial charge in [-0.2, -0.15) is 0 Å². The molecule has 0 atom stereocenters. The standard InChI is InChI=1S/C16H19NO2/c1-12(2)14-10-17(3)16(18)9-15(14)19-11-13-7-5-4-6-8-13/h4-10,12H,11H2,1-3H3. The van der Waals surface area contributed by atoms with E-state index < -0.39 is 0 Å². The molecule has 1 aromatic heterocycles. The fraction of sp³-hybridized carbons (Fsp3) is 0.312. The molecule has 0 spiro atoms. The number of rotatable bonds is 4. The van der Waals surface area contributed by atoms with Crippen LogP contribution in [-0.4, -0.2) is 4.57 Å². The highest BCUT2D eigenvalue weighted by atomic mass is 16.5. The third-order valence-corrected chi connectivity index (χ3v) is 3.08. The second-order valence-corrected chi connectivity index (χ2v) is 4.97. The molecule has 0 saturated carbocycles. The zero-order valence-electron chi connectivity index (χ0n) is 11.6. The first-order chi connectivity index (χ1) is 9.08. The molecule has 0 unspecified atom stereocenters. The number of ether oxygens (including phenoxy) is 1. The molecule has 1 aromatic carbocycles. The molecule has 0 fully saturated rings. The van der Waals surface area contributed by atoms with E-state index in [1.54, 1.807) is 17.7 Å². The summed E-state index contributed by atoms with van der Waals surface area (Å²) >= 11 is 0. The van der Waals surface area contributed by atoms with Crippen LogP contribution < -0.4 is 10.3 Å². The summed E-state index contributed by atoms with van der Waals surface area (Å²) in [5, 5.41) is 0. The van der Waals surface area contributed by atoms with Crippen LogP contribution in [0.5, 0.6) is 5.75 Å². The van der Waals surface area contributed by atoms with Crippen molar-refractivity contribution in [3.05, 3.63) is 64.1 Å². The Balaban J connectivity index is 2.24. The summed E-state index contributed by atoms with van der Waals surface area (Å²) in [6.45, 7) is 4.66. The van der Waals surface area contributed by atoms with E-state index in [1.165, 1.54) is 0 Å². The fourth-order valence-corrected chi connectivity index (χ4v) is 1.93. The average molecular weight is 257 g/mol. The van der Waals surface area contributed by atoms with E-state index in [1.807, 2.05) is 36.5 Å². The first kappa shape index (κ1) is 13.4. The predicted molar refractivity (Wildman–Crippen MR) is 76.5 cm³/mol. The molecule has 0 aliphatic heterocycles. The van der Waals surface area contributed by atoms with Gasteiger partial charge in [-0.1, -0.05) is 44.2 Å². The summed E-state index contributed by atoms with van der Waals surface area (Å²) in [4.78, 5) is 11.7. The number of nitrogens with zero attached hydrogens (tertiary/aromatic N) is 1. The van der Waals surface area contributed by atoms with Crippen molar-refractivity contribution in [2.45, 2.75) is 26.4 Å². The van der Waals surface area contributed by atoms with Crippen molar-refractivity contribution in [1.82, 2.24) is 4.57 Å². The second kappa shape index (κ2) is 5.74. The quantitative estimate of drug-likeness (QED) is 0.842. The van der Waals surface area contributed by atoms with Gasteiger partial charge in [0.1, 0.15) is 12.4 Å². The van der Waals surface area contributed by atoms with E-state index in [4.69, 9.17) is 4.74 Å². The zero-order valence-corrected chi connectivity index (χ0v) is 11.6. The first-order valence-corrected chi connectivity index (χ1v) is 6.45. The molecule has 0 bridgehead atoms. The lowest BCUT2D eigenvalue weighted by Gasteiger charge is -2.15. The first-order valence-electron chi connectivity index (χ1n) is 6.45. The largest absolute Gasteiger partial charge is 0.488 e. The van der Waals surface area contributed by atoms with Gasteiger partial charge in [-0.05, 0) is 11.5 Å². The number of hydrogen-bond donors (Lipinski definition) is 0. The van der Waals surface area contributed by atoms with Gasteiger partial charge in [0, 0.05) is 24.9 Å². The highest BCUT2D eigenvalue weighted by molar-refractivity contribution is 5.33. The highest BCUT2D eigenvalue weighted by Crippen LogP contribution is 2.25. The minimum Gasteiger partial charge on any atom is -0.488 e. The molecule has 1 heterocycles. The maximum atomic E-state index is 11.7. The average Bonchev–Trinajstić information content (AvgIpc) is 2.40. The Kier molecular flexibility index (Phi) is 4.05. The molecular formula is C16H19NO2. The number of benzene rings is 1. The maximum Gasteiger partial charge on any atom is 0.253 e. The van der Waals surface area contributed by atoms with Crippen LogP contribution in [0.2, 0.25) is 0 Å². The number of hydrogen-bond acceptors (Lipinski definition) is 2. The lowest BCUT2D eigenvalue weighted by atomic mass is 10.0. The van der Waals surface area contributed by atoms with Crippen LogP contribution >= 0.6 is 0 Å². The van der Waals surface area contributed by atoms with Crippen molar-refractivity contribution >= 4 is 0 Å². The molecule has 3 nitrogen and oxygen atoms in total. The molecule has 0 saturated heterocycles. The van der Waals surface area contributed by atoms with Gasteiger partial charge in [0.25, 0.3) is 5.56 Å². The minimum atomic E-state index is -0.0486. The zero-order chi connectivity index (χ0) is 13.8. The Morgan fingerprint density at radius 3 is 2.53 bits per heavy atom. The third-order valence-electron chi connectivity index (χ3n) is 3.08. The Hall–Kier alpha value is -2.03. The Bertz CT molecular complexity index is 600. The van der Waals surface area contributed by atoms with Gasteiger partial charge in [-0.3, -0.25) is 4.79 Å². The molecule has 100 valence electrons. The molecule has 2 aromatic rings. The van der Waals surface area contributed by atoms with Crippen LogP contribution in [0.4, 0.5) is 0 Å². The van der Waals surface area contributed by atoms with Crippen LogP contribution in [0.25, 0.3) is 0 Å². The second-order valence-electron chi connectivity index (χ2n) is 4.97. The fourth-order valence-electron chi connectivity index (χ4n) is 1.93. The summed E-state index contributed by atoms with van der Waals surface area (Å²) in [5.74, 6) is 1.000. The smallest absolute Gasteiger partial charge is 0.253 e. The molecule has 2 rings (SSSR count). The highest BCUT2D eigenvalue weighted by Gasteiger charge is 2.10. The summed E-state index contributed by atoms with van der Waals surface area (Å²) in [7, 11) is 1.76. The van der Waals surface area contributed by atoms with Crippen molar-refractivity contribution in [3.8, 4) is 5.75 Å². The van der Waals surface area contributed by atoms with Crippen LogP contribution in [0.1, 0.15) is 30.9 Å². The molecule has 19 heavy (non-hydrogen) atoms. The molecule has 0 radical (unpaired) electrons. The summed E-state index contributed by atoms with van der Waals surface area (Å²) < 4.78 is 7.39. The van der Waals surface area contributed by atoms with Crippen LogP contribution in [0.15, 0.2) is 47.4 Å². The van der Waals surface area contributed by atoms with Crippen molar-refractivity contribution in [2.24, 2.45) is 7.05 Å². The molecule has 0 aliphatic carbocycles. The van der Waals surface area contributed by atoms with Gasteiger partial charge >= 0.3 is 0 Å². The summed E-state index contributed by atoms with van der Waals surface area (Å²) in [5.41, 5.74) is 2.10. The van der Waals surface area contributed by atoms with Crippen molar-refractivity contribution in [3.63, 3.8) is 0 Å². The van der Waals surface area contributed by atoms with E-state index in [2.05, 4.69) is 13.8 Å². The lowest BCUT2D eigenvalue weighted by molar-refractivity contribution is 0.300. The van der Waals surface area contributed by atoms with Gasteiger partial charge in [0.05, 0.1) is 0 Å². The van der Waals surface area contributed by atoms with Crippen molar-refractivity contribution < 1.29 is 4.74 Å². The third kappa shape index (κ3) is 3.25. The lowest BCUT2D eigenvalue weighted by Crippen LogP contribution is -2.17. The monoisotopic (exact) mass is 257 g/mol. The Morgan fingerprint density at radius 1 is 1.21 bits per heavy atom. The molecule has 0 N–H and O–H groups in total. The van der Waals surface area contributed by atoms with Gasteiger partial charge < -0.3 is 9.30 Å². The summed E-state index contributed by atoms with van der Waals surface area (Å²) in [6.07, 6.45) is 1.85. The van der Waals surface area contributed by atoms with Crippen molar-refractivity contribution in [2.75, 3.05) is 0 Å². The van der Waals surface area contributed by atoms with Crippen LogP contribution in [-0.2, 0) is 13.7 Å². The number of aryl methyl sites for hydroxylation is 1. The van der Waals surface area contributed by atoms with E-state index in [-0.39, 0.29) is 5.56 Å². The predicted octanol–water partition coefficient (Wildman–Crippen LogP) is 3.09. The van der Waals surface area contributed by atoms with Gasteiger partial charge in [0.15, 0.2) is 0 Å². The molecule has 0 aliphatic rings. The topological polar surface area (TPSA) is 31.2 Å². The van der Waals surface area contributed by atoms with Gasteiger partial charge in [-0.25, -0.2) is 0 Å². The molecule has 3 heteroatoms. The maximum absolute atomic E-state index is 11.7. The SMILES string of the molecule is CC(C)c1cn(C)c(=O)cc1OCc1ccccc1. The van der Waals surface area contributed by atoms with E-state index in [9.17, 15) is 4.79 Å². The number of pyridine rings is 1. The van der Waals surface area contributed by atoms with E-state index in [0.717, 1.165) is 11.1 Å². The van der Waals surface area contributed by atoms with Crippen LogP contribution in [0.3, 0.4) is 0 Å². The van der Waals surface area contributed by atoms with Crippen molar-refractivity contribution in [1.29, 1.82) is 0 Å². The van der Waals surface area contributed by atoms with Gasteiger partial charge in [0.2, 0.25) is 0 Å². The Morgan fingerprint density at radius 2 is 1.89 bits per heavy atom. The number of aromatic nitrogens is 1. The minimum absolute atomic E-state index is 0.0486. The Labute approximate surface area is 113 Å². The van der Waals surface area contributed by atoms with E-state index in [0.29, 0.717) is 18.3 Å². The van der Waals surface area contributed by atoms with E-state index >= 15 is 0 Å². The summed E-state index contributed by atoms with van der Waals surface area (Å²) in [6, 6.07) is 11.5. The molecule has 0 amide bonds. The molecular weight excluding hydrogens is 238 g/mol. The van der Waals surface area contributed by atoms with Gasteiger partial charge in [-0.15, -0.1) is 0 Å². The van der Waals surface area contributed by atoms with Crippen LogP contribution in [0, 0.1) is 0 Å².